The molecule has 0 spiro atoms. The van der Waals surface area contributed by atoms with Crippen LogP contribution in [0, 0.1) is 0 Å². The van der Waals surface area contributed by atoms with Crippen molar-refractivity contribution < 1.29 is 13.2 Å². The molecule has 1 atom stereocenters. The second-order valence-electron chi connectivity index (χ2n) is 7.66. The summed E-state index contributed by atoms with van der Waals surface area (Å²) < 4.78 is 29.5. The standard InChI is InChI=1S/C21H23ClN4O3S2/c1-14-20(27)26(21(30)23-14)17-9-10-18(25-11-3-2-4-12-25)19(13-17)31(28,29)24-16-7-5-15(22)6-8-16/h5-10,13-14,24H,2-4,11-12H2,1H3,(H,23,30)/t14-/m1/s1. The predicted molar refractivity (Wildman–Crippen MR) is 127 cm³/mol. The Morgan fingerprint density at radius 1 is 1.10 bits per heavy atom. The molecule has 2 heterocycles. The molecule has 2 fully saturated rings. The largest absolute Gasteiger partial charge is 0.370 e. The third-order valence-corrected chi connectivity index (χ3v) is 7.38. The number of hydrogen-bond acceptors (Lipinski definition) is 5. The van der Waals surface area contributed by atoms with Gasteiger partial charge in [-0.3, -0.25) is 14.4 Å². The number of rotatable bonds is 5. The highest BCUT2D eigenvalue weighted by atomic mass is 35.5. The second-order valence-corrected chi connectivity index (χ2v) is 10.1. The molecule has 2 saturated heterocycles. The first-order valence-corrected chi connectivity index (χ1v) is 12.3. The molecule has 31 heavy (non-hydrogen) atoms. The van der Waals surface area contributed by atoms with Gasteiger partial charge in [0.2, 0.25) is 0 Å². The van der Waals surface area contributed by atoms with Gasteiger partial charge in [-0.25, -0.2) is 8.42 Å². The van der Waals surface area contributed by atoms with Gasteiger partial charge in [-0.15, -0.1) is 0 Å². The maximum Gasteiger partial charge on any atom is 0.264 e. The Labute approximate surface area is 192 Å². The van der Waals surface area contributed by atoms with Gasteiger partial charge in [-0.2, -0.15) is 0 Å². The van der Waals surface area contributed by atoms with Gasteiger partial charge in [0, 0.05) is 23.8 Å². The predicted octanol–water partition coefficient (Wildman–Crippen LogP) is 3.74. The highest BCUT2D eigenvalue weighted by Crippen LogP contribution is 2.34. The average molecular weight is 479 g/mol. The van der Waals surface area contributed by atoms with Gasteiger partial charge in [0.05, 0.1) is 11.4 Å². The van der Waals surface area contributed by atoms with E-state index in [1.54, 1.807) is 43.3 Å². The molecule has 2 aromatic rings. The van der Waals surface area contributed by atoms with Gasteiger partial charge in [0.1, 0.15) is 10.9 Å². The number of piperidine rings is 1. The quantitative estimate of drug-likeness (QED) is 0.637. The summed E-state index contributed by atoms with van der Waals surface area (Å²) in [4.78, 5) is 16.1. The summed E-state index contributed by atoms with van der Waals surface area (Å²) in [5, 5.41) is 3.69. The lowest BCUT2D eigenvalue weighted by atomic mass is 10.1. The lowest BCUT2D eigenvalue weighted by Gasteiger charge is -2.31. The van der Waals surface area contributed by atoms with E-state index in [4.69, 9.17) is 23.8 Å². The third-order valence-electron chi connectivity index (χ3n) is 5.42. The summed E-state index contributed by atoms with van der Waals surface area (Å²) in [6.07, 6.45) is 3.13. The van der Waals surface area contributed by atoms with Crippen LogP contribution in [0.1, 0.15) is 26.2 Å². The van der Waals surface area contributed by atoms with Crippen LogP contribution in [-0.2, 0) is 14.8 Å². The zero-order valence-corrected chi connectivity index (χ0v) is 19.4. The summed E-state index contributed by atoms with van der Waals surface area (Å²) in [6, 6.07) is 11.0. The molecule has 7 nitrogen and oxygen atoms in total. The van der Waals surface area contributed by atoms with Crippen molar-refractivity contribution in [3.63, 3.8) is 0 Å². The summed E-state index contributed by atoms with van der Waals surface area (Å²) in [5.74, 6) is -0.218. The van der Waals surface area contributed by atoms with Gasteiger partial charge in [-0.05, 0) is 80.9 Å². The molecular formula is C21H23ClN4O3S2. The van der Waals surface area contributed by atoms with Gasteiger partial charge >= 0.3 is 0 Å². The molecule has 2 aliphatic heterocycles. The Kier molecular flexibility index (Phi) is 6.09. The Balaban J connectivity index is 1.77. The van der Waals surface area contributed by atoms with Crippen molar-refractivity contribution >= 4 is 61.9 Å². The number of carbonyl (C=O) groups is 1. The molecule has 2 aliphatic rings. The average Bonchev–Trinajstić information content (AvgIpc) is 3.01. The van der Waals surface area contributed by atoms with E-state index in [0.29, 0.717) is 22.1 Å². The van der Waals surface area contributed by atoms with Crippen LogP contribution in [0.5, 0.6) is 0 Å². The van der Waals surface area contributed by atoms with Gasteiger partial charge in [0.15, 0.2) is 5.11 Å². The van der Waals surface area contributed by atoms with Crippen molar-refractivity contribution in [2.75, 3.05) is 27.6 Å². The van der Waals surface area contributed by atoms with Crippen molar-refractivity contribution in [2.24, 2.45) is 0 Å². The van der Waals surface area contributed by atoms with Gasteiger partial charge < -0.3 is 10.2 Å². The van der Waals surface area contributed by atoms with Gasteiger partial charge in [0.25, 0.3) is 15.9 Å². The molecule has 10 heteroatoms. The topological polar surface area (TPSA) is 81.8 Å². The summed E-state index contributed by atoms with van der Waals surface area (Å²) in [7, 11) is -3.94. The Bertz CT molecular complexity index is 1120. The van der Waals surface area contributed by atoms with E-state index in [-0.39, 0.29) is 15.9 Å². The van der Waals surface area contributed by atoms with Crippen LogP contribution in [0.15, 0.2) is 47.4 Å². The SMILES string of the molecule is C[C@H]1NC(=S)N(c2ccc(N3CCCCC3)c(S(=O)(=O)Nc3ccc(Cl)cc3)c2)C1=O. The first kappa shape index (κ1) is 21.9. The molecule has 164 valence electrons. The lowest BCUT2D eigenvalue weighted by molar-refractivity contribution is -0.117. The number of thiocarbonyl (C=S) groups is 1. The van der Waals surface area contributed by atoms with Crippen molar-refractivity contribution in [1.29, 1.82) is 0 Å². The molecule has 0 saturated carbocycles. The number of nitrogens with zero attached hydrogens (tertiary/aromatic N) is 2. The molecule has 4 rings (SSSR count). The fourth-order valence-electron chi connectivity index (χ4n) is 3.83. The summed E-state index contributed by atoms with van der Waals surface area (Å²) in [5.41, 5.74) is 1.44. The Morgan fingerprint density at radius 2 is 1.77 bits per heavy atom. The molecule has 2 N–H and O–H groups in total. The fraction of sp³-hybridized carbons (Fsp3) is 0.333. The van der Waals surface area contributed by atoms with E-state index in [2.05, 4.69) is 14.9 Å². The first-order valence-electron chi connectivity index (χ1n) is 10.1. The van der Waals surface area contributed by atoms with Crippen molar-refractivity contribution in [3.8, 4) is 0 Å². The molecular weight excluding hydrogens is 456 g/mol. The van der Waals surface area contributed by atoms with E-state index in [1.165, 1.54) is 11.0 Å². The smallest absolute Gasteiger partial charge is 0.264 e. The maximum atomic E-state index is 13.4. The highest BCUT2D eigenvalue weighted by molar-refractivity contribution is 7.93. The number of amides is 1. The molecule has 2 aromatic carbocycles. The summed E-state index contributed by atoms with van der Waals surface area (Å²) in [6.45, 7) is 3.28. The van der Waals surface area contributed by atoms with Crippen LogP contribution in [0.3, 0.4) is 0 Å². The zero-order valence-electron chi connectivity index (χ0n) is 17.0. The van der Waals surface area contributed by atoms with Crippen molar-refractivity contribution in [1.82, 2.24) is 5.32 Å². The van der Waals surface area contributed by atoms with E-state index in [9.17, 15) is 13.2 Å². The minimum Gasteiger partial charge on any atom is -0.370 e. The van der Waals surface area contributed by atoms with E-state index < -0.39 is 16.1 Å². The molecule has 0 aromatic heterocycles. The molecule has 0 radical (unpaired) electrons. The maximum absolute atomic E-state index is 13.4. The molecule has 0 bridgehead atoms. The highest BCUT2D eigenvalue weighted by Gasteiger charge is 2.35. The normalized spacial score (nSPS) is 19.5. The van der Waals surface area contributed by atoms with Crippen molar-refractivity contribution in [2.45, 2.75) is 37.1 Å². The molecule has 0 unspecified atom stereocenters. The molecule has 1 amide bonds. The lowest BCUT2D eigenvalue weighted by Crippen LogP contribution is -2.33. The van der Waals surface area contributed by atoms with E-state index >= 15 is 0 Å². The monoisotopic (exact) mass is 478 g/mol. The van der Waals surface area contributed by atoms with Crippen LogP contribution in [0.2, 0.25) is 5.02 Å². The minimum absolute atomic E-state index is 0.108. The number of sulfonamides is 1. The van der Waals surface area contributed by atoms with Crippen molar-refractivity contribution in [3.05, 3.63) is 47.5 Å². The molecule has 0 aliphatic carbocycles. The zero-order chi connectivity index (χ0) is 22.2. The Hall–Kier alpha value is -2.36. The van der Waals surface area contributed by atoms with Crippen LogP contribution in [-0.4, -0.2) is 38.6 Å². The number of nitrogens with one attached hydrogen (secondary N) is 2. The Morgan fingerprint density at radius 3 is 2.39 bits per heavy atom. The second kappa shape index (κ2) is 8.64. The van der Waals surface area contributed by atoms with Crippen LogP contribution >= 0.6 is 23.8 Å². The number of carbonyl (C=O) groups excluding carboxylic acids is 1. The van der Waals surface area contributed by atoms with Crippen LogP contribution in [0.25, 0.3) is 0 Å². The minimum atomic E-state index is -3.94. The van der Waals surface area contributed by atoms with E-state index in [1.807, 2.05) is 0 Å². The fourth-order valence-corrected chi connectivity index (χ4v) is 5.63. The van der Waals surface area contributed by atoms with E-state index in [0.717, 1.165) is 32.4 Å². The first-order chi connectivity index (χ1) is 14.8. The number of benzene rings is 2. The number of hydrogen-bond donors (Lipinski definition) is 2. The van der Waals surface area contributed by atoms with Crippen LogP contribution in [0.4, 0.5) is 17.1 Å². The van der Waals surface area contributed by atoms with Crippen LogP contribution < -0.4 is 19.8 Å². The summed E-state index contributed by atoms with van der Waals surface area (Å²) >= 11 is 11.2. The van der Waals surface area contributed by atoms with Gasteiger partial charge in [-0.1, -0.05) is 11.6 Å². The third kappa shape index (κ3) is 4.49. The number of halogens is 1. The number of anilines is 3.